The highest BCUT2D eigenvalue weighted by Crippen LogP contribution is 2.44. The SMILES string of the molecule is COC(=O)C(c1ccc(F)c(C)c1F)C1CC1. The summed E-state index contributed by atoms with van der Waals surface area (Å²) in [6, 6.07) is 2.55. The summed E-state index contributed by atoms with van der Waals surface area (Å²) in [5, 5.41) is 0. The molecule has 1 unspecified atom stereocenters. The van der Waals surface area contributed by atoms with Gasteiger partial charge in [-0.2, -0.15) is 0 Å². The highest BCUT2D eigenvalue weighted by atomic mass is 19.1. The van der Waals surface area contributed by atoms with Crippen LogP contribution in [0.1, 0.15) is 29.9 Å². The van der Waals surface area contributed by atoms with E-state index in [0.29, 0.717) is 0 Å². The first-order valence-electron chi connectivity index (χ1n) is 5.58. The van der Waals surface area contributed by atoms with E-state index in [9.17, 15) is 13.6 Å². The Hall–Kier alpha value is -1.45. The van der Waals surface area contributed by atoms with Crippen LogP contribution in [-0.4, -0.2) is 13.1 Å². The van der Waals surface area contributed by atoms with Gasteiger partial charge in [-0.1, -0.05) is 6.07 Å². The van der Waals surface area contributed by atoms with Crippen LogP contribution in [0.3, 0.4) is 0 Å². The smallest absolute Gasteiger partial charge is 0.313 e. The molecule has 1 aliphatic carbocycles. The van der Waals surface area contributed by atoms with Crippen LogP contribution in [0.5, 0.6) is 0 Å². The van der Waals surface area contributed by atoms with Gasteiger partial charge in [0.2, 0.25) is 0 Å². The van der Waals surface area contributed by atoms with Crippen molar-refractivity contribution in [1.82, 2.24) is 0 Å². The van der Waals surface area contributed by atoms with Crippen molar-refractivity contribution < 1.29 is 18.3 Å². The number of ether oxygens (including phenoxy) is 1. The highest BCUT2D eigenvalue weighted by Gasteiger charge is 2.39. The van der Waals surface area contributed by atoms with Crippen molar-refractivity contribution in [3.8, 4) is 0 Å². The fraction of sp³-hybridized carbons (Fsp3) is 0.462. The molecule has 0 spiro atoms. The van der Waals surface area contributed by atoms with Gasteiger partial charge < -0.3 is 4.74 Å². The Morgan fingerprint density at radius 3 is 2.59 bits per heavy atom. The lowest BCUT2D eigenvalue weighted by molar-refractivity contribution is -0.143. The molecule has 1 atom stereocenters. The molecule has 0 saturated heterocycles. The summed E-state index contributed by atoms with van der Waals surface area (Å²) in [5.41, 5.74) is 0.204. The van der Waals surface area contributed by atoms with Crippen molar-refractivity contribution in [2.75, 3.05) is 7.11 Å². The van der Waals surface area contributed by atoms with Crippen LogP contribution in [0.4, 0.5) is 8.78 Å². The molecule has 2 rings (SSSR count). The summed E-state index contributed by atoms with van der Waals surface area (Å²) in [7, 11) is 1.28. The number of carbonyl (C=O) groups is 1. The van der Waals surface area contributed by atoms with Crippen LogP contribution in [0.15, 0.2) is 12.1 Å². The second-order valence-corrected chi connectivity index (χ2v) is 4.41. The van der Waals surface area contributed by atoms with E-state index in [1.165, 1.54) is 26.2 Å². The molecular weight excluding hydrogens is 226 g/mol. The molecule has 17 heavy (non-hydrogen) atoms. The number of methoxy groups -OCH3 is 1. The average molecular weight is 240 g/mol. The number of hydrogen-bond donors (Lipinski definition) is 0. The zero-order chi connectivity index (χ0) is 12.6. The molecule has 2 nitrogen and oxygen atoms in total. The molecule has 4 heteroatoms. The summed E-state index contributed by atoms with van der Waals surface area (Å²) in [6.45, 7) is 1.37. The first-order valence-corrected chi connectivity index (χ1v) is 5.58. The average Bonchev–Trinajstić information content (AvgIpc) is 3.13. The number of esters is 1. The van der Waals surface area contributed by atoms with Crippen LogP contribution in [0, 0.1) is 24.5 Å². The minimum Gasteiger partial charge on any atom is -0.469 e. The second-order valence-electron chi connectivity index (χ2n) is 4.41. The third kappa shape index (κ3) is 2.16. The number of benzene rings is 1. The van der Waals surface area contributed by atoms with Gasteiger partial charge in [-0.15, -0.1) is 0 Å². The number of halogens is 2. The van der Waals surface area contributed by atoms with Crippen molar-refractivity contribution >= 4 is 5.97 Å². The van der Waals surface area contributed by atoms with E-state index in [0.717, 1.165) is 12.8 Å². The van der Waals surface area contributed by atoms with Gasteiger partial charge in [-0.25, -0.2) is 8.78 Å². The second kappa shape index (κ2) is 4.43. The molecule has 1 fully saturated rings. The lowest BCUT2D eigenvalue weighted by Crippen LogP contribution is -2.18. The summed E-state index contributed by atoms with van der Waals surface area (Å²) >= 11 is 0. The minimum absolute atomic E-state index is 0.0444. The Labute approximate surface area is 98.6 Å². The molecule has 1 aromatic rings. The maximum absolute atomic E-state index is 13.9. The van der Waals surface area contributed by atoms with Gasteiger partial charge in [0, 0.05) is 11.1 Å². The molecule has 0 aromatic heterocycles. The van der Waals surface area contributed by atoms with E-state index in [2.05, 4.69) is 0 Å². The molecule has 1 saturated carbocycles. The zero-order valence-electron chi connectivity index (χ0n) is 9.80. The monoisotopic (exact) mass is 240 g/mol. The summed E-state index contributed by atoms with van der Waals surface area (Å²) in [4.78, 5) is 11.7. The van der Waals surface area contributed by atoms with E-state index in [4.69, 9.17) is 4.74 Å². The molecule has 0 aliphatic heterocycles. The van der Waals surface area contributed by atoms with Gasteiger partial charge in [-0.05, 0) is 31.7 Å². The summed E-state index contributed by atoms with van der Waals surface area (Å²) in [6.07, 6.45) is 1.77. The van der Waals surface area contributed by atoms with Crippen LogP contribution in [-0.2, 0) is 9.53 Å². The van der Waals surface area contributed by atoms with E-state index >= 15 is 0 Å². The van der Waals surface area contributed by atoms with Crippen LogP contribution < -0.4 is 0 Å². The molecular formula is C13H14F2O2. The summed E-state index contributed by atoms with van der Waals surface area (Å²) in [5.74, 6) is -2.14. The lowest BCUT2D eigenvalue weighted by Gasteiger charge is -2.16. The quantitative estimate of drug-likeness (QED) is 0.759. The summed E-state index contributed by atoms with van der Waals surface area (Å²) < 4.78 is 31.8. The molecule has 1 aliphatic rings. The third-order valence-electron chi connectivity index (χ3n) is 3.23. The first kappa shape index (κ1) is 12.0. The van der Waals surface area contributed by atoms with E-state index in [1.54, 1.807) is 0 Å². The Morgan fingerprint density at radius 2 is 2.06 bits per heavy atom. The third-order valence-corrected chi connectivity index (χ3v) is 3.23. The van der Waals surface area contributed by atoms with Crippen LogP contribution in [0.2, 0.25) is 0 Å². The number of rotatable bonds is 3. The molecule has 0 bridgehead atoms. The molecule has 1 aromatic carbocycles. The Bertz CT molecular complexity index is 453. The molecule has 0 N–H and O–H groups in total. The van der Waals surface area contributed by atoms with Gasteiger partial charge in [0.05, 0.1) is 13.0 Å². The van der Waals surface area contributed by atoms with E-state index in [-0.39, 0.29) is 17.0 Å². The van der Waals surface area contributed by atoms with Gasteiger partial charge >= 0.3 is 5.97 Å². The molecule has 92 valence electrons. The van der Waals surface area contributed by atoms with Crippen molar-refractivity contribution in [2.24, 2.45) is 5.92 Å². The Kier molecular flexibility index (Phi) is 3.13. The molecule has 0 amide bonds. The lowest BCUT2D eigenvalue weighted by atomic mass is 9.92. The van der Waals surface area contributed by atoms with Gasteiger partial charge in [0.15, 0.2) is 0 Å². The first-order chi connectivity index (χ1) is 8.06. The molecule has 0 radical (unpaired) electrons. The largest absolute Gasteiger partial charge is 0.469 e. The van der Waals surface area contributed by atoms with Gasteiger partial charge in [0.25, 0.3) is 0 Å². The van der Waals surface area contributed by atoms with Crippen molar-refractivity contribution in [1.29, 1.82) is 0 Å². The van der Waals surface area contributed by atoms with Crippen molar-refractivity contribution in [3.63, 3.8) is 0 Å². The maximum atomic E-state index is 13.9. The van der Waals surface area contributed by atoms with Crippen molar-refractivity contribution in [3.05, 3.63) is 34.9 Å². The Morgan fingerprint density at radius 1 is 1.41 bits per heavy atom. The fourth-order valence-electron chi connectivity index (χ4n) is 2.05. The van der Waals surface area contributed by atoms with E-state index in [1.807, 2.05) is 0 Å². The van der Waals surface area contributed by atoms with Gasteiger partial charge in [0.1, 0.15) is 11.6 Å². The number of carbonyl (C=O) groups excluding carboxylic acids is 1. The van der Waals surface area contributed by atoms with Crippen molar-refractivity contribution in [2.45, 2.75) is 25.7 Å². The Balaban J connectivity index is 2.43. The van der Waals surface area contributed by atoms with Crippen LogP contribution in [0.25, 0.3) is 0 Å². The van der Waals surface area contributed by atoms with E-state index < -0.39 is 23.5 Å². The van der Waals surface area contributed by atoms with Crippen LogP contribution >= 0.6 is 0 Å². The molecule has 0 heterocycles. The number of hydrogen-bond acceptors (Lipinski definition) is 2. The highest BCUT2D eigenvalue weighted by molar-refractivity contribution is 5.79. The maximum Gasteiger partial charge on any atom is 0.313 e. The predicted octanol–water partition coefficient (Wildman–Crippen LogP) is 2.94. The zero-order valence-corrected chi connectivity index (χ0v) is 9.80. The minimum atomic E-state index is -0.632. The predicted molar refractivity (Wildman–Crippen MR) is 58.6 cm³/mol. The standard InChI is InChI=1S/C13H14F2O2/c1-7-10(14)6-5-9(12(7)15)11(8-3-4-8)13(16)17-2/h5-6,8,11H,3-4H2,1-2H3. The van der Waals surface area contributed by atoms with Gasteiger partial charge in [-0.3, -0.25) is 4.79 Å². The topological polar surface area (TPSA) is 26.3 Å². The normalized spacial score (nSPS) is 16.7. The fourth-order valence-corrected chi connectivity index (χ4v) is 2.05.